The van der Waals surface area contributed by atoms with E-state index in [1.807, 2.05) is 18.2 Å². The summed E-state index contributed by atoms with van der Waals surface area (Å²) in [6.45, 7) is 5.24. The number of nitrogens with zero attached hydrogens (tertiary/aromatic N) is 2. The molecule has 104 valence electrons. The Hall–Kier alpha value is -2.43. The van der Waals surface area contributed by atoms with Crippen LogP contribution < -0.4 is 11.0 Å². The van der Waals surface area contributed by atoms with Gasteiger partial charge in [0.1, 0.15) is 6.04 Å². The Kier molecular flexibility index (Phi) is 3.98. The number of amides is 1. The van der Waals surface area contributed by atoms with Crippen LogP contribution in [0.25, 0.3) is 0 Å². The number of aromatic nitrogens is 2. The molecule has 5 nitrogen and oxygen atoms in total. The van der Waals surface area contributed by atoms with Crippen LogP contribution in [0.1, 0.15) is 24.4 Å². The molecular formula is C15H17N3O2. The van der Waals surface area contributed by atoms with Crippen molar-refractivity contribution in [1.29, 1.82) is 0 Å². The molecule has 1 N–H and O–H groups in total. The van der Waals surface area contributed by atoms with Gasteiger partial charge < -0.3 is 5.32 Å². The molecule has 2 rings (SSSR count). The summed E-state index contributed by atoms with van der Waals surface area (Å²) in [4.78, 5) is 28.0. The average Bonchev–Trinajstić information content (AvgIpc) is 2.38. The van der Waals surface area contributed by atoms with Crippen LogP contribution in [0.3, 0.4) is 0 Å². The highest BCUT2D eigenvalue weighted by atomic mass is 16.2. The highest BCUT2D eigenvalue weighted by Crippen LogP contribution is 2.12. The van der Waals surface area contributed by atoms with Gasteiger partial charge in [-0.2, -0.15) is 4.98 Å². The number of hydrogen-bond donors (Lipinski definition) is 1. The number of benzene rings is 1. The predicted molar refractivity (Wildman–Crippen MR) is 77.8 cm³/mol. The topological polar surface area (TPSA) is 64.0 Å². The van der Waals surface area contributed by atoms with Crippen molar-refractivity contribution in [3.8, 4) is 0 Å². The third-order valence-electron chi connectivity index (χ3n) is 3.08. The number of nitrogens with one attached hydrogen (secondary N) is 1. The molecule has 1 atom stereocenters. The molecule has 0 spiro atoms. The van der Waals surface area contributed by atoms with Gasteiger partial charge >= 0.3 is 5.69 Å². The molecule has 1 aromatic heterocycles. The largest absolute Gasteiger partial charge is 0.348 e. The molecule has 0 unspecified atom stereocenters. The first kappa shape index (κ1) is 14.0. The summed E-state index contributed by atoms with van der Waals surface area (Å²) in [6, 6.07) is 10.3. The number of carbonyl (C=O) groups is 1. The van der Waals surface area contributed by atoms with Crippen LogP contribution in [-0.2, 0) is 4.79 Å². The van der Waals surface area contributed by atoms with Crippen molar-refractivity contribution >= 4 is 11.6 Å². The van der Waals surface area contributed by atoms with Crippen LogP contribution in [0.15, 0.2) is 41.2 Å². The minimum Gasteiger partial charge on any atom is -0.324 e. The van der Waals surface area contributed by atoms with Gasteiger partial charge in [-0.05, 0) is 39.0 Å². The van der Waals surface area contributed by atoms with Crippen LogP contribution in [0, 0.1) is 13.8 Å². The van der Waals surface area contributed by atoms with Crippen LogP contribution in [-0.4, -0.2) is 15.5 Å². The normalized spacial score (nSPS) is 11.9. The maximum atomic E-state index is 12.2. The van der Waals surface area contributed by atoms with E-state index in [1.54, 1.807) is 39.0 Å². The molecule has 0 fully saturated rings. The maximum Gasteiger partial charge on any atom is 0.348 e. The first-order valence-electron chi connectivity index (χ1n) is 6.41. The number of rotatable bonds is 3. The number of para-hydroxylation sites is 1. The zero-order chi connectivity index (χ0) is 14.7. The molecule has 1 amide bonds. The summed E-state index contributed by atoms with van der Waals surface area (Å²) in [5.74, 6) is -0.243. The highest BCUT2D eigenvalue weighted by Gasteiger charge is 2.18. The third-order valence-corrected chi connectivity index (χ3v) is 3.08. The SMILES string of the molecule is Cc1cc(C)n([C@H](C)C(=O)Nc2ccccc2)c(=O)n1. The zero-order valence-corrected chi connectivity index (χ0v) is 11.8. The zero-order valence-electron chi connectivity index (χ0n) is 11.8. The first-order chi connectivity index (χ1) is 9.49. The molecule has 2 aromatic rings. The van der Waals surface area contributed by atoms with Crippen molar-refractivity contribution in [3.63, 3.8) is 0 Å². The molecule has 0 radical (unpaired) electrons. The lowest BCUT2D eigenvalue weighted by atomic mass is 10.2. The second-order valence-electron chi connectivity index (χ2n) is 4.72. The maximum absolute atomic E-state index is 12.2. The van der Waals surface area contributed by atoms with Gasteiger partial charge in [0.25, 0.3) is 0 Å². The Balaban J connectivity index is 2.26. The molecule has 0 saturated carbocycles. The van der Waals surface area contributed by atoms with E-state index < -0.39 is 11.7 Å². The van der Waals surface area contributed by atoms with Crippen LogP contribution in [0.4, 0.5) is 5.69 Å². The van der Waals surface area contributed by atoms with E-state index in [4.69, 9.17) is 0 Å². The molecule has 5 heteroatoms. The van der Waals surface area contributed by atoms with Gasteiger partial charge in [0.15, 0.2) is 0 Å². The predicted octanol–water partition coefficient (Wildman–Crippen LogP) is 2.06. The lowest BCUT2D eigenvalue weighted by molar-refractivity contribution is -0.118. The van der Waals surface area contributed by atoms with E-state index in [0.717, 1.165) is 5.69 Å². The summed E-state index contributed by atoms with van der Waals surface area (Å²) in [6.07, 6.45) is 0. The van der Waals surface area contributed by atoms with Crippen LogP contribution in [0.5, 0.6) is 0 Å². The molecule has 1 aromatic carbocycles. The van der Waals surface area contributed by atoms with Crippen molar-refractivity contribution in [2.24, 2.45) is 0 Å². The Bertz CT molecular complexity index is 677. The van der Waals surface area contributed by atoms with Gasteiger partial charge in [0.05, 0.1) is 0 Å². The van der Waals surface area contributed by atoms with Crippen molar-refractivity contribution in [3.05, 3.63) is 58.3 Å². The minimum atomic E-state index is -0.615. The molecule has 0 aliphatic carbocycles. The Morgan fingerprint density at radius 3 is 2.50 bits per heavy atom. The molecule has 0 aliphatic rings. The van der Waals surface area contributed by atoms with Crippen LogP contribution >= 0.6 is 0 Å². The number of carbonyl (C=O) groups excluding carboxylic acids is 1. The van der Waals surface area contributed by atoms with Gasteiger partial charge in [0, 0.05) is 17.1 Å². The summed E-state index contributed by atoms with van der Waals surface area (Å²) in [5.41, 5.74) is 1.67. The fraction of sp³-hybridized carbons (Fsp3) is 0.267. The lowest BCUT2D eigenvalue weighted by Gasteiger charge is -2.17. The average molecular weight is 271 g/mol. The Labute approximate surface area is 117 Å². The monoisotopic (exact) mass is 271 g/mol. The second kappa shape index (κ2) is 5.69. The summed E-state index contributed by atoms with van der Waals surface area (Å²) in [7, 11) is 0. The fourth-order valence-corrected chi connectivity index (χ4v) is 2.12. The van der Waals surface area contributed by atoms with Gasteiger partial charge in [-0.3, -0.25) is 9.36 Å². The minimum absolute atomic E-state index is 0.243. The van der Waals surface area contributed by atoms with E-state index >= 15 is 0 Å². The molecule has 0 saturated heterocycles. The van der Waals surface area contributed by atoms with Crippen molar-refractivity contribution in [2.75, 3.05) is 5.32 Å². The van der Waals surface area contributed by atoms with Crippen molar-refractivity contribution < 1.29 is 4.79 Å². The van der Waals surface area contributed by atoms with Gasteiger partial charge in [-0.25, -0.2) is 4.79 Å². The molecular weight excluding hydrogens is 254 g/mol. The smallest absolute Gasteiger partial charge is 0.324 e. The third kappa shape index (κ3) is 2.93. The molecule has 1 heterocycles. The van der Waals surface area contributed by atoms with E-state index in [0.29, 0.717) is 11.4 Å². The molecule has 0 bridgehead atoms. The number of aryl methyl sites for hydroxylation is 2. The van der Waals surface area contributed by atoms with Crippen LogP contribution in [0.2, 0.25) is 0 Å². The molecule has 0 aliphatic heterocycles. The number of anilines is 1. The van der Waals surface area contributed by atoms with E-state index in [9.17, 15) is 9.59 Å². The van der Waals surface area contributed by atoms with Gasteiger partial charge in [-0.15, -0.1) is 0 Å². The summed E-state index contributed by atoms with van der Waals surface area (Å²) in [5, 5.41) is 2.78. The van der Waals surface area contributed by atoms with Crippen molar-refractivity contribution in [2.45, 2.75) is 26.8 Å². The molecule has 20 heavy (non-hydrogen) atoms. The van der Waals surface area contributed by atoms with Crippen molar-refractivity contribution in [1.82, 2.24) is 9.55 Å². The quantitative estimate of drug-likeness (QED) is 0.929. The summed E-state index contributed by atoms with van der Waals surface area (Å²) < 4.78 is 1.39. The highest BCUT2D eigenvalue weighted by molar-refractivity contribution is 5.93. The van der Waals surface area contributed by atoms with E-state index in [-0.39, 0.29) is 5.91 Å². The van der Waals surface area contributed by atoms with Gasteiger partial charge in [0.2, 0.25) is 5.91 Å². The second-order valence-corrected chi connectivity index (χ2v) is 4.72. The Morgan fingerprint density at radius 2 is 1.90 bits per heavy atom. The number of hydrogen-bond acceptors (Lipinski definition) is 3. The van der Waals surface area contributed by atoms with E-state index in [1.165, 1.54) is 4.57 Å². The lowest BCUT2D eigenvalue weighted by Crippen LogP contribution is -2.34. The Morgan fingerprint density at radius 1 is 1.25 bits per heavy atom. The standard InChI is InChI=1S/C15H17N3O2/c1-10-9-11(2)18(15(20)16-10)12(3)14(19)17-13-7-5-4-6-8-13/h4-9,12H,1-3H3,(H,17,19)/t12-/m1/s1. The van der Waals surface area contributed by atoms with E-state index in [2.05, 4.69) is 10.3 Å². The van der Waals surface area contributed by atoms with Gasteiger partial charge in [-0.1, -0.05) is 18.2 Å². The fourth-order valence-electron chi connectivity index (χ4n) is 2.12. The summed E-state index contributed by atoms with van der Waals surface area (Å²) >= 11 is 0. The first-order valence-corrected chi connectivity index (χ1v) is 6.41.